The van der Waals surface area contributed by atoms with Gasteiger partial charge >= 0.3 is 0 Å². The second-order valence-electron chi connectivity index (χ2n) is 4.75. The van der Waals surface area contributed by atoms with E-state index in [4.69, 9.17) is 5.73 Å². The van der Waals surface area contributed by atoms with Crippen molar-refractivity contribution in [1.82, 2.24) is 4.98 Å². The van der Waals surface area contributed by atoms with Crippen LogP contribution in [0.25, 0.3) is 0 Å². The van der Waals surface area contributed by atoms with E-state index in [-0.39, 0.29) is 11.8 Å². The van der Waals surface area contributed by atoms with E-state index in [0.29, 0.717) is 11.0 Å². The molecule has 0 saturated heterocycles. The lowest BCUT2D eigenvalue weighted by Crippen LogP contribution is -2.40. The summed E-state index contributed by atoms with van der Waals surface area (Å²) in [6.07, 6.45) is 3.35. The van der Waals surface area contributed by atoms with Crippen LogP contribution in [0.3, 0.4) is 0 Å². The molecule has 94 valence electrons. The number of nitrogens with zero attached hydrogens (tertiary/aromatic N) is 1. The maximum Gasteiger partial charge on any atom is 0.243 e. The minimum atomic E-state index is -0.451. The number of nitrogens with one attached hydrogen (secondary N) is 1. The van der Waals surface area contributed by atoms with Crippen LogP contribution in [0.15, 0.2) is 5.38 Å². The SMILES string of the molecule is CCC(C)C(N)C(=O)Nc1nc(C2CC2)cs1. The third kappa shape index (κ3) is 3.04. The van der Waals surface area contributed by atoms with E-state index in [1.54, 1.807) is 0 Å². The molecule has 0 radical (unpaired) electrons. The van der Waals surface area contributed by atoms with Gasteiger partial charge in [-0.3, -0.25) is 4.79 Å². The molecule has 2 atom stereocenters. The molecule has 1 heterocycles. The van der Waals surface area contributed by atoms with Crippen LogP contribution < -0.4 is 11.1 Å². The number of aromatic nitrogens is 1. The molecule has 17 heavy (non-hydrogen) atoms. The lowest BCUT2D eigenvalue weighted by atomic mass is 10.00. The Morgan fingerprint density at radius 3 is 3.00 bits per heavy atom. The molecule has 1 fully saturated rings. The fraction of sp³-hybridized carbons (Fsp3) is 0.667. The lowest BCUT2D eigenvalue weighted by molar-refractivity contribution is -0.118. The van der Waals surface area contributed by atoms with E-state index >= 15 is 0 Å². The van der Waals surface area contributed by atoms with Crippen LogP contribution in [0.2, 0.25) is 0 Å². The van der Waals surface area contributed by atoms with Crippen LogP contribution in [0.4, 0.5) is 5.13 Å². The van der Waals surface area contributed by atoms with Gasteiger partial charge in [-0.2, -0.15) is 0 Å². The Morgan fingerprint density at radius 1 is 1.71 bits per heavy atom. The van der Waals surface area contributed by atoms with Crippen molar-refractivity contribution in [2.75, 3.05) is 5.32 Å². The van der Waals surface area contributed by atoms with Gasteiger partial charge < -0.3 is 11.1 Å². The van der Waals surface area contributed by atoms with E-state index in [0.717, 1.165) is 12.1 Å². The van der Waals surface area contributed by atoms with Gasteiger partial charge in [0.15, 0.2) is 5.13 Å². The first-order valence-corrected chi connectivity index (χ1v) is 7.01. The van der Waals surface area contributed by atoms with Gasteiger partial charge in [-0.1, -0.05) is 20.3 Å². The molecule has 1 aliphatic rings. The molecule has 1 aliphatic carbocycles. The van der Waals surface area contributed by atoms with E-state index in [2.05, 4.69) is 10.3 Å². The number of rotatable bonds is 5. The van der Waals surface area contributed by atoms with Crippen LogP contribution in [0, 0.1) is 5.92 Å². The molecule has 0 aromatic carbocycles. The third-order valence-electron chi connectivity index (χ3n) is 3.31. The summed E-state index contributed by atoms with van der Waals surface area (Å²) in [7, 11) is 0. The molecule has 0 bridgehead atoms. The van der Waals surface area contributed by atoms with Crippen LogP contribution in [0.5, 0.6) is 0 Å². The third-order valence-corrected chi connectivity index (χ3v) is 4.08. The molecule has 0 aliphatic heterocycles. The van der Waals surface area contributed by atoms with Crippen molar-refractivity contribution in [3.05, 3.63) is 11.1 Å². The first-order valence-electron chi connectivity index (χ1n) is 6.13. The number of carbonyl (C=O) groups is 1. The van der Waals surface area contributed by atoms with Crippen molar-refractivity contribution >= 4 is 22.4 Å². The second-order valence-corrected chi connectivity index (χ2v) is 5.61. The number of carbonyl (C=O) groups excluding carboxylic acids is 1. The van der Waals surface area contributed by atoms with Crippen molar-refractivity contribution in [2.45, 2.75) is 45.1 Å². The summed E-state index contributed by atoms with van der Waals surface area (Å²) < 4.78 is 0. The van der Waals surface area contributed by atoms with Gasteiger partial charge in [0.25, 0.3) is 0 Å². The number of hydrogen-bond acceptors (Lipinski definition) is 4. The topological polar surface area (TPSA) is 68.0 Å². The monoisotopic (exact) mass is 253 g/mol. The van der Waals surface area contributed by atoms with E-state index < -0.39 is 6.04 Å². The Hall–Kier alpha value is -0.940. The Bertz CT molecular complexity index is 400. The standard InChI is InChI=1S/C12H19N3OS/c1-3-7(2)10(13)11(16)15-12-14-9(6-17-12)8-4-5-8/h6-8,10H,3-5,13H2,1-2H3,(H,14,15,16). The van der Waals surface area contributed by atoms with E-state index in [1.165, 1.54) is 24.2 Å². The molecule has 1 saturated carbocycles. The summed E-state index contributed by atoms with van der Waals surface area (Å²) >= 11 is 1.48. The van der Waals surface area contributed by atoms with Crippen LogP contribution in [0.1, 0.15) is 44.7 Å². The highest BCUT2D eigenvalue weighted by Gasteiger charge is 2.27. The zero-order valence-electron chi connectivity index (χ0n) is 10.3. The molecule has 4 nitrogen and oxygen atoms in total. The molecule has 1 amide bonds. The van der Waals surface area contributed by atoms with Gasteiger partial charge in [0.05, 0.1) is 11.7 Å². The highest BCUT2D eigenvalue weighted by molar-refractivity contribution is 7.13. The minimum absolute atomic E-state index is 0.129. The quantitative estimate of drug-likeness (QED) is 0.846. The number of thiazole rings is 1. The minimum Gasteiger partial charge on any atom is -0.320 e. The Kier molecular flexibility index (Phi) is 3.79. The molecular formula is C12H19N3OS. The van der Waals surface area contributed by atoms with Crippen molar-refractivity contribution < 1.29 is 4.79 Å². The fourth-order valence-corrected chi connectivity index (χ4v) is 2.41. The van der Waals surface area contributed by atoms with Crippen molar-refractivity contribution in [1.29, 1.82) is 0 Å². The smallest absolute Gasteiger partial charge is 0.243 e. The van der Waals surface area contributed by atoms with Crippen LogP contribution in [-0.4, -0.2) is 16.9 Å². The van der Waals surface area contributed by atoms with Crippen LogP contribution in [-0.2, 0) is 4.79 Å². The van der Waals surface area contributed by atoms with Crippen molar-refractivity contribution in [2.24, 2.45) is 11.7 Å². The van der Waals surface area contributed by atoms with Gasteiger partial charge in [0.1, 0.15) is 0 Å². The molecule has 2 rings (SSSR count). The van der Waals surface area contributed by atoms with E-state index in [9.17, 15) is 4.79 Å². The molecule has 1 aromatic rings. The lowest BCUT2D eigenvalue weighted by Gasteiger charge is -2.16. The predicted molar refractivity (Wildman–Crippen MR) is 70.1 cm³/mol. The Labute approximate surface area is 106 Å². The fourth-order valence-electron chi connectivity index (χ4n) is 1.61. The molecule has 2 unspecified atom stereocenters. The van der Waals surface area contributed by atoms with Gasteiger partial charge in [-0.15, -0.1) is 11.3 Å². The van der Waals surface area contributed by atoms with Crippen molar-refractivity contribution in [3.8, 4) is 0 Å². The second kappa shape index (κ2) is 5.14. The average Bonchev–Trinajstić information content (AvgIpc) is 3.08. The maximum absolute atomic E-state index is 11.8. The Balaban J connectivity index is 1.92. The summed E-state index contributed by atoms with van der Waals surface area (Å²) in [6.45, 7) is 4.02. The first kappa shape index (κ1) is 12.5. The molecule has 3 N–H and O–H groups in total. The normalized spacial score (nSPS) is 18.8. The van der Waals surface area contributed by atoms with E-state index in [1.807, 2.05) is 19.2 Å². The summed E-state index contributed by atoms with van der Waals surface area (Å²) in [5.41, 5.74) is 6.98. The van der Waals surface area contributed by atoms with Crippen molar-refractivity contribution in [3.63, 3.8) is 0 Å². The molecule has 5 heteroatoms. The number of nitrogens with two attached hydrogens (primary N) is 1. The summed E-state index contributed by atoms with van der Waals surface area (Å²) in [5.74, 6) is 0.689. The summed E-state index contributed by atoms with van der Waals surface area (Å²) in [4.78, 5) is 16.2. The molecule has 1 aromatic heterocycles. The largest absolute Gasteiger partial charge is 0.320 e. The zero-order chi connectivity index (χ0) is 12.4. The first-order chi connectivity index (χ1) is 8.11. The zero-order valence-corrected chi connectivity index (χ0v) is 11.1. The van der Waals surface area contributed by atoms with Crippen LogP contribution >= 0.6 is 11.3 Å². The highest BCUT2D eigenvalue weighted by atomic mass is 32.1. The van der Waals surface area contributed by atoms with Gasteiger partial charge in [0.2, 0.25) is 5.91 Å². The number of hydrogen-bond donors (Lipinski definition) is 2. The van der Waals surface area contributed by atoms with Gasteiger partial charge in [0, 0.05) is 11.3 Å². The molecular weight excluding hydrogens is 234 g/mol. The Morgan fingerprint density at radius 2 is 2.41 bits per heavy atom. The number of anilines is 1. The molecule has 0 spiro atoms. The highest BCUT2D eigenvalue weighted by Crippen LogP contribution is 2.40. The average molecular weight is 253 g/mol. The van der Waals surface area contributed by atoms with Gasteiger partial charge in [-0.25, -0.2) is 4.98 Å². The predicted octanol–water partition coefficient (Wildman–Crippen LogP) is 2.33. The summed E-state index contributed by atoms with van der Waals surface area (Å²) in [6, 6.07) is -0.451. The summed E-state index contributed by atoms with van der Waals surface area (Å²) in [5, 5.41) is 5.51. The van der Waals surface area contributed by atoms with Gasteiger partial charge in [-0.05, 0) is 18.8 Å². The maximum atomic E-state index is 11.8. The number of amides is 1.